The minimum atomic E-state index is -2.27. The number of aliphatic hydroxyl groups excluding tert-OH is 2. The van der Waals surface area contributed by atoms with Crippen LogP contribution < -0.4 is 0 Å². The van der Waals surface area contributed by atoms with Crippen LogP contribution in [0.2, 0.25) is 0 Å². The van der Waals surface area contributed by atoms with Crippen LogP contribution in [0.4, 0.5) is 0 Å². The fourth-order valence-corrected chi connectivity index (χ4v) is 1.27. The van der Waals surface area contributed by atoms with Crippen molar-refractivity contribution >= 4 is 29.8 Å². The van der Waals surface area contributed by atoms with Gasteiger partial charge in [0.2, 0.25) is 0 Å². The molecule has 0 saturated carbocycles. The molecule has 1 aromatic rings. The van der Waals surface area contributed by atoms with Gasteiger partial charge < -0.3 is 35.7 Å². The van der Waals surface area contributed by atoms with Crippen molar-refractivity contribution in [2.45, 2.75) is 12.2 Å². The van der Waals surface area contributed by atoms with Crippen LogP contribution in [-0.2, 0) is 9.59 Å². The van der Waals surface area contributed by atoms with Crippen LogP contribution in [0.3, 0.4) is 0 Å². The molecule has 12 heteroatoms. The molecule has 2 atom stereocenters. The van der Waals surface area contributed by atoms with E-state index < -0.39 is 42.1 Å². The fraction of sp³-hybridized carbons (Fsp3) is 0.154. The van der Waals surface area contributed by atoms with Gasteiger partial charge in [-0.25, -0.2) is 24.0 Å². The van der Waals surface area contributed by atoms with E-state index in [1.54, 1.807) is 0 Å². The van der Waals surface area contributed by atoms with Gasteiger partial charge in [0.05, 0.1) is 16.7 Å². The Morgan fingerprint density at radius 2 is 0.760 bits per heavy atom. The Bertz CT molecular complexity index is 610. The summed E-state index contributed by atoms with van der Waals surface area (Å²) in [5, 5.41) is 58.4. The Balaban J connectivity index is 0.000000504. The monoisotopic (exact) mass is 360 g/mol. The molecule has 25 heavy (non-hydrogen) atoms. The van der Waals surface area contributed by atoms with Gasteiger partial charge in [0, 0.05) is 0 Å². The molecule has 1 rings (SSSR count). The second kappa shape index (κ2) is 8.95. The minimum Gasteiger partial charge on any atom is -0.479 e. The van der Waals surface area contributed by atoms with E-state index in [-0.39, 0.29) is 16.7 Å². The maximum atomic E-state index is 10.6. The quantitative estimate of drug-likeness (QED) is 0.312. The number of aliphatic carboxylic acids is 2. The van der Waals surface area contributed by atoms with Crippen LogP contribution in [0.25, 0.3) is 0 Å². The lowest BCUT2D eigenvalue weighted by atomic mass is 10.1. The lowest BCUT2D eigenvalue weighted by Crippen LogP contribution is -2.39. The van der Waals surface area contributed by atoms with Crippen LogP contribution in [-0.4, -0.2) is 77.8 Å². The molecule has 0 aliphatic rings. The Kier molecular flexibility index (Phi) is 7.69. The maximum absolute atomic E-state index is 10.6. The summed E-state index contributed by atoms with van der Waals surface area (Å²) in [5.74, 6) is -7.66. The number of hydrogen-bond donors (Lipinski definition) is 7. The number of carbonyl (C=O) groups is 5. The Hall–Kier alpha value is -3.51. The predicted octanol–water partition coefficient (Wildman–Crippen LogP) is -1.34. The molecular weight excluding hydrogens is 348 g/mol. The lowest BCUT2D eigenvalue weighted by molar-refractivity contribution is -0.165. The first-order valence-electron chi connectivity index (χ1n) is 6.05. The molecule has 0 aliphatic carbocycles. The molecular formula is C13H12O12. The van der Waals surface area contributed by atoms with E-state index in [2.05, 4.69) is 0 Å². The highest BCUT2D eigenvalue weighted by molar-refractivity contribution is 5.98. The van der Waals surface area contributed by atoms with Crippen LogP contribution in [0.1, 0.15) is 31.1 Å². The molecule has 7 N–H and O–H groups in total. The number of hydrogen-bond acceptors (Lipinski definition) is 7. The highest BCUT2D eigenvalue weighted by Gasteiger charge is 2.29. The van der Waals surface area contributed by atoms with Crippen LogP contribution >= 0.6 is 0 Å². The van der Waals surface area contributed by atoms with E-state index in [0.29, 0.717) is 0 Å². The number of rotatable bonds is 6. The van der Waals surface area contributed by atoms with Crippen molar-refractivity contribution in [3.05, 3.63) is 34.9 Å². The van der Waals surface area contributed by atoms with Gasteiger partial charge in [-0.2, -0.15) is 0 Å². The molecule has 0 saturated heterocycles. The highest BCUT2D eigenvalue weighted by Crippen LogP contribution is 2.11. The van der Waals surface area contributed by atoms with Gasteiger partial charge in [0.15, 0.2) is 12.2 Å². The average Bonchev–Trinajstić information content (AvgIpc) is 2.53. The van der Waals surface area contributed by atoms with E-state index in [4.69, 9.17) is 35.7 Å². The van der Waals surface area contributed by atoms with E-state index in [0.717, 1.165) is 18.2 Å². The van der Waals surface area contributed by atoms with Crippen LogP contribution in [0, 0.1) is 0 Å². The second-order valence-electron chi connectivity index (χ2n) is 4.28. The Morgan fingerprint density at radius 1 is 0.560 bits per heavy atom. The summed E-state index contributed by atoms with van der Waals surface area (Å²) in [6.07, 6.45) is -4.53. The van der Waals surface area contributed by atoms with Gasteiger partial charge in [0.25, 0.3) is 0 Å². The molecule has 2 unspecified atom stereocenters. The maximum Gasteiger partial charge on any atom is 0.335 e. The summed E-state index contributed by atoms with van der Waals surface area (Å²) in [5.41, 5.74) is -1.10. The standard InChI is InChI=1S/C9H6O6.C4H6O6/c10-7(11)4-1-5(8(12)13)3-6(2-4)9(14)15;5-1(3(7)8)2(6)4(9)10/h1-3H,(H,10,11)(H,12,13)(H,14,15);1-2,5-6H,(H,7,8)(H,9,10). The first-order chi connectivity index (χ1) is 11.4. The van der Waals surface area contributed by atoms with Crippen molar-refractivity contribution in [1.82, 2.24) is 0 Å². The zero-order chi connectivity index (χ0) is 19.9. The van der Waals surface area contributed by atoms with Gasteiger partial charge >= 0.3 is 29.8 Å². The number of benzene rings is 1. The average molecular weight is 360 g/mol. The molecule has 1 aromatic carbocycles. The third kappa shape index (κ3) is 6.64. The summed E-state index contributed by atoms with van der Waals surface area (Å²) in [6, 6.07) is 2.70. The molecule has 12 nitrogen and oxygen atoms in total. The third-order valence-corrected chi connectivity index (χ3v) is 2.48. The number of carboxylic acid groups (broad SMARTS) is 5. The molecule has 0 aliphatic heterocycles. The predicted molar refractivity (Wildman–Crippen MR) is 74.6 cm³/mol. The molecule has 136 valence electrons. The SMILES string of the molecule is O=C(O)C(O)C(O)C(=O)O.O=C(O)c1cc(C(=O)O)cc(C(=O)O)c1. The van der Waals surface area contributed by atoms with E-state index in [1.807, 2.05) is 0 Å². The van der Waals surface area contributed by atoms with E-state index in [9.17, 15) is 24.0 Å². The molecule has 0 spiro atoms. The van der Waals surface area contributed by atoms with Gasteiger partial charge in [-0.1, -0.05) is 0 Å². The van der Waals surface area contributed by atoms with Gasteiger partial charge in [-0.3, -0.25) is 0 Å². The number of aromatic carboxylic acids is 3. The first kappa shape index (κ1) is 21.5. The summed E-state index contributed by atoms with van der Waals surface area (Å²) < 4.78 is 0. The van der Waals surface area contributed by atoms with E-state index in [1.165, 1.54) is 0 Å². The first-order valence-corrected chi connectivity index (χ1v) is 6.05. The highest BCUT2D eigenvalue weighted by atomic mass is 16.4. The van der Waals surface area contributed by atoms with Gasteiger partial charge in [-0.15, -0.1) is 0 Å². The van der Waals surface area contributed by atoms with Crippen molar-refractivity contribution in [2.24, 2.45) is 0 Å². The largest absolute Gasteiger partial charge is 0.479 e. The minimum absolute atomic E-state index is 0.368. The van der Waals surface area contributed by atoms with Crippen molar-refractivity contribution < 1.29 is 59.7 Å². The molecule has 0 radical (unpaired) electrons. The fourth-order valence-electron chi connectivity index (χ4n) is 1.27. The summed E-state index contributed by atoms with van der Waals surface area (Å²) in [4.78, 5) is 51.2. The van der Waals surface area contributed by atoms with Crippen molar-refractivity contribution in [1.29, 1.82) is 0 Å². The lowest BCUT2D eigenvalue weighted by Gasteiger charge is -2.07. The molecule has 0 amide bonds. The number of carboxylic acids is 5. The van der Waals surface area contributed by atoms with Crippen LogP contribution in [0.5, 0.6) is 0 Å². The normalized spacial score (nSPS) is 12.1. The smallest absolute Gasteiger partial charge is 0.335 e. The third-order valence-electron chi connectivity index (χ3n) is 2.48. The molecule has 0 heterocycles. The van der Waals surface area contributed by atoms with E-state index >= 15 is 0 Å². The molecule has 0 bridgehead atoms. The number of aliphatic hydroxyl groups is 2. The summed E-state index contributed by atoms with van der Waals surface area (Å²) in [6.45, 7) is 0. The Morgan fingerprint density at radius 3 is 0.880 bits per heavy atom. The zero-order valence-corrected chi connectivity index (χ0v) is 12.1. The summed E-state index contributed by atoms with van der Waals surface area (Å²) in [7, 11) is 0. The molecule has 0 fully saturated rings. The van der Waals surface area contributed by atoms with Crippen molar-refractivity contribution in [2.75, 3.05) is 0 Å². The Labute approximate surface area is 137 Å². The van der Waals surface area contributed by atoms with Gasteiger partial charge in [0.1, 0.15) is 0 Å². The second-order valence-corrected chi connectivity index (χ2v) is 4.28. The van der Waals surface area contributed by atoms with Crippen molar-refractivity contribution in [3.8, 4) is 0 Å². The topological polar surface area (TPSA) is 227 Å². The van der Waals surface area contributed by atoms with Gasteiger partial charge in [-0.05, 0) is 18.2 Å². The van der Waals surface area contributed by atoms with Crippen molar-refractivity contribution in [3.63, 3.8) is 0 Å². The van der Waals surface area contributed by atoms with Crippen LogP contribution in [0.15, 0.2) is 18.2 Å². The molecule has 0 aromatic heterocycles. The zero-order valence-electron chi connectivity index (χ0n) is 12.1. The summed E-state index contributed by atoms with van der Waals surface area (Å²) >= 11 is 0.